The SMILES string of the molecule is CNCC1CCN(C2CCc3ccc(C)cc32)C1. The van der Waals surface area contributed by atoms with E-state index in [0.29, 0.717) is 6.04 Å². The van der Waals surface area contributed by atoms with Crippen LogP contribution in [0.4, 0.5) is 0 Å². The predicted molar refractivity (Wildman–Crippen MR) is 75.8 cm³/mol. The van der Waals surface area contributed by atoms with Gasteiger partial charge in [0.1, 0.15) is 0 Å². The van der Waals surface area contributed by atoms with Crippen molar-refractivity contribution in [1.82, 2.24) is 10.2 Å². The van der Waals surface area contributed by atoms with Crippen LogP contribution in [0.25, 0.3) is 0 Å². The number of rotatable bonds is 3. The van der Waals surface area contributed by atoms with Crippen LogP contribution < -0.4 is 5.32 Å². The Bertz CT molecular complexity index is 427. The normalized spacial score (nSPS) is 27.7. The summed E-state index contributed by atoms with van der Waals surface area (Å²) in [6, 6.07) is 7.71. The summed E-state index contributed by atoms with van der Waals surface area (Å²) in [6.07, 6.45) is 3.96. The summed E-state index contributed by atoms with van der Waals surface area (Å²) in [4.78, 5) is 2.72. The molecule has 0 spiro atoms. The molecule has 1 aliphatic carbocycles. The minimum Gasteiger partial charge on any atom is -0.319 e. The highest BCUT2D eigenvalue weighted by atomic mass is 15.2. The van der Waals surface area contributed by atoms with E-state index in [2.05, 4.69) is 42.4 Å². The molecule has 98 valence electrons. The first-order chi connectivity index (χ1) is 8.78. The first kappa shape index (κ1) is 12.2. The Kier molecular flexibility index (Phi) is 3.40. The first-order valence-corrected chi connectivity index (χ1v) is 7.26. The quantitative estimate of drug-likeness (QED) is 0.879. The second kappa shape index (κ2) is 5.02. The highest BCUT2D eigenvalue weighted by molar-refractivity contribution is 5.37. The van der Waals surface area contributed by atoms with Gasteiger partial charge < -0.3 is 5.32 Å². The van der Waals surface area contributed by atoms with Gasteiger partial charge in [0.05, 0.1) is 0 Å². The van der Waals surface area contributed by atoms with E-state index in [4.69, 9.17) is 0 Å². The molecule has 0 radical (unpaired) electrons. The Balaban J connectivity index is 1.75. The molecule has 2 unspecified atom stereocenters. The van der Waals surface area contributed by atoms with Crippen LogP contribution in [-0.2, 0) is 6.42 Å². The molecular weight excluding hydrogens is 220 g/mol. The molecule has 1 heterocycles. The third-order valence-electron chi connectivity index (χ3n) is 4.60. The summed E-state index contributed by atoms with van der Waals surface area (Å²) < 4.78 is 0. The molecule has 2 heteroatoms. The molecule has 0 saturated carbocycles. The third kappa shape index (κ3) is 2.19. The fraction of sp³-hybridized carbons (Fsp3) is 0.625. The van der Waals surface area contributed by atoms with Crippen LogP contribution >= 0.6 is 0 Å². The van der Waals surface area contributed by atoms with Gasteiger partial charge in [0.2, 0.25) is 0 Å². The molecule has 2 aliphatic rings. The van der Waals surface area contributed by atoms with E-state index in [1.54, 1.807) is 11.1 Å². The van der Waals surface area contributed by atoms with Gasteiger partial charge in [-0.1, -0.05) is 23.8 Å². The van der Waals surface area contributed by atoms with Crippen molar-refractivity contribution >= 4 is 0 Å². The Morgan fingerprint density at radius 2 is 2.22 bits per heavy atom. The average molecular weight is 244 g/mol. The second-order valence-corrected chi connectivity index (χ2v) is 5.96. The Hall–Kier alpha value is -0.860. The van der Waals surface area contributed by atoms with Gasteiger partial charge in [-0.2, -0.15) is 0 Å². The van der Waals surface area contributed by atoms with Gasteiger partial charge in [-0.25, -0.2) is 0 Å². The van der Waals surface area contributed by atoms with Crippen LogP contribution in [0.5, 0.6) is 0 Å². The smallest absolute Gasteiger partial charge is 0.0354 e. The number of hydrogen-bond acceptors (Lipinski definition) is 2. The third-order valence-corrected chi connectivity index (χ3v) is 4.60. The maximum atomic E-state index is 3.32. The average Bonchev–Trinajstić information content (AvgIpc) is 2.95. The fourth-order valence-corrected chi connectivity index (χ4v) is 3.68. The van der Waals surface area contributed by atoms with Crippen molar-refractivity contribution in [1.29, 1.82) is 0 Å². The molecule has 1 saturated heterocycles. The summed E-state index contributed by atoms with van der Waals surface area (Å²) in [7, 11) is 2.07. The van der Waals surface area contributed by atoms with Crippen molar-refractivity contribution in [2.45, 2.75) is 32.2 Å². The Morgan fingerprint density at radius 3 is 3.06 bits per heavy atom. The van der Waals surface area contributed by atoms with Gasteiger partial charge in [0, 0.05) is 12.6 Å². The van der Waals surface area contributed by atoms with Gasteiger partial charge in [-0.05, 0) is 63.4 Å². The number of nitrogens with zero attached hydrogens (tertiary/aromatic N) is 1. The number of nitrogens with one attached hydrogen (secondary N) is 1. The Labute approximate surface area is 110 Å². The van der Waals surface area contributed by atoms with E-state index < -0.39 is 0 Å². The summed E-state index contributed by atoms with van der Waals surface area (Å²) >= 11 is 0. The molecule has 1 aromatic rings. The number of fused-ring (bicyclic) bond motifs is 1. The maximum Gasteiger partial charge on any atom is 0.0354 e. The monoisotopic (exact) mass is 244 g/mol. The number of benzene rings is 1. The van der Waals surface area contributed by atoms with Crippen molar-refractivity contribution in [2.24, 2.45) is 5.92 Å². The number of likely N-dealkylation sites (tertiary alicyclic amines) is 1. The molecule has 1 fully saturated rings. The minimum absolute atomic E-state index is 0.696. The topological polar surface area (TPSA) is 15.3 Å². The zero-order chi connectivity index (χ0) is 12.5. The van der Waals surface area contributed by atoms with Crippen LogP contribution in [-0.4, -0.2) is 31.6 Å². The van der Waals surface area contributed by atoms with E-state index >= 15 is 0 Å². The van der Waals surface area contributed by atoms with Crippen molar-refractivity contribution in [3.05, 3.63) is 34.9 Å². The highest BCUT2D eigenvalue weighted by Crippen LogP contribution is 2.38. The van der Waals surface area contributed by atoms with E-state index in [9.17, 15) is 0 Å². The molecular formula is C16H24N2. The lowest BCUT2D eigenvalue weighted by atomic mass is 10.0. The first-order valence-electron chi connectivity index (χ1n) is 7.26. The molecule has 0 amide bonds. The lowest BCUT2D eigenvalue weighted by Crippen LogP contribution is -2.27. The molecule has 1 N–H and O–H groups in total. The minimum atomic E-state index is 0.696. The Morgan fingerprint density at radius 1 is 1.33 bits per heavy atom. The molecule has 1 aliphatic heterocycles. The van der Waals surface area contributed by atoms with E-state index in [1.807, 2.05) is 0 Å². The number of aryl methyl sites for hydroxylation is 2. The zero-order valence-electron chi connectivity index (χ0n) is 11.6. The molecule has 2 atom stereocenters. The standard InChI is InChI=1S/C16H24N2/c1-12-3-4-14-5-6-16(15(14)9-12)18-8-7-13(11-18)10-17-2/h3-4,9,13,16-17H,5-8,10-11H2,1-2H3. The van der Waals surface area contributed by atoms with Crippen LogP contribution in [0.15, 0.2) is 18.2 Å². The van der Waals surface area contributed by atoms with Crippen molar-refractivity contribution in [3.8, 4) is 0 Å². The molecule has 0 aromatic heterocycles. The largest absolute Gasteiger partial charge is 0.319 e. The molecule has 1 aromatic carbocycles. The van der Waals surface area contributed by atoms with Crippen molar-refractivity contribution < 1.29 is 0 Å². The molecule has 3 rings (SSSR count). The molecule has 0 bridgehead atoms. The van der Waals surface area contributed by atoms with Crippen molar-refractivity contribution in [3.63, 3.8) is 0 Å². The predicted octanol–water partition coefficient (Wildman–Crippen LogP) is 2.52. The van der Waals surface area contributed by atoms with Gasteiger partial charge in [0.15, 0.2) is 0 Å². The fourth-order valence-electron chi connectivity index (χ4n) is 3.68. The summed E-state index contributed by atoms with van der Waals surface area (Å²) in [6.45, 7) is 5.94. The lowest BCUT2D eigenvalue weighted by molar-refractivity contribution is 0.235. The van der Waals surface area contributed by atoms with E-state index in [1.165, 1.54) is 44.5 Å². The molecule has 2 nitrogen and oxygen atoms in total. The van der Waals surface area contributed by atoms with Crippen LogP contribution in [0.3, 0.4) is 0 Å². The van der Waals surface area contributed by atoms with Gasteiger partial charge in [-0.3, -0.25) is 4.90 Å². The maximum absolute atomic E-state index is 3.32. The van der Waals surface area contributed by atoms with Gasteiger partial charge in [-0.15, -0.1) is 0 Å². The van der Waals surface area contributed by atoms with Gasteiger partial charge in [0.25, 0.3) is 0 Å². The lowest BCUT2D eigenvalue weighted by Gasteiger charge is -2.25. The second-order valence-electron chi connectivity index (χ2n) is 5.96. The summed E-state index contributed by atoms with van der Waals surface area (Å²) in [5.74, 6) is 0.851. The highest BCUT2D eigenvalue weighted by Gasteiger charge is 2.32. The van der Waals surface area contributed by atoms with Crippen molar-refractivity contribution in [2.75, 3.05) is 26.7 Å². The summed E-state index contributed by atoms with van der Waals surface area (Å²) in [5, 5.41) is 3.32. The van der Waals surface area contributed by atoms with Crippen LogP contribution in [0.1, 0.15) is 35.6 Å². The number of hydrogen-bond donors (Lipinski definition) is 1. The summed E-state index contributed by atoms with van der Waals surface area (Å²) in [5.41, 5.74) is 4.61. The van der Waals surface area contributed by atoms with Crippen LogP contribution in [0.2, 0.25) is 0 Å². The van der Waals surface area contributed by atoms with Crippen LogP contribution in [0, 0.1) is 12.8 Å². The van der Waals surface area contributed by atoms with E-state index in [-0.39, 0.29) is 0 Å². The van der Waals surface area contributed by atoms with Gasteiger partial charge >= 0.3 is 0 Å². The zero-order valence-corrected chi connectivity index (χ0v) is 11.6. The van der Waals surface area contributed by atoms with E-state index in [0.717, 1.165) is 5.92 Å². The molecule has 18 heavy (non-hydrogen) atoms.